The van der Waals surface area contributed by atoms with Crippen molar-refractivity contribution in [3.63, 3.8) is 0 Å². The number of carbonyl (C=O) groups is 1. The van der Waals surface area contributed by atoms with Crippen LogP contribution in [0.4, 0.5) is 0 Å². The average Bonchev–Trinajstić information content (AvgIpc) is 2.99. The van der Waals surface area contributed by atoms with Gasteiger partial charge >= 0.3 is 0 Å². The van der Waals surface area contributed by atoms with Gasteiger partial charge in [-0.1, -0.05) is 0 Å². The summed E-state index contributed by atoms with van der Waals surface area (Å²) in [4.78, 5) is 16.7. The number of hydrogen-bond donors (Lipinski definition) is 0. The Kier molecular flexibility index (Phi) is 5.67. The molecule has 1 aromatic heterocycles. The topological polar surface area (TPSA) is 50.6 Å². The number of carbonyl (C=O) groups excluding carboxylic acids is 1. The van der Waals surface area contributed by atoms with Gasteiger partial charge in [0.25, 0.3) is 0 Å². The molecule has 2 aliphatic heterocycles. The minimum atomic E-state index is 0.303. The number of nitrogens with zero attached hydrogens (tertiary/aromatic N) is 4. The van der Waals surface area contributed by atoms with Crippen molar-refractivity contribution in [2.45, 2.75) is 32.2 Å². The van der Waals surface area contributed by atoms with E-state index in [0.29, 0.717) is 31.5 Å². The molecular formula is C17H28N4O2. The molecule has 3 rings (SSSR count). The lowest BCUT2D eigenvalue weighted by Gasteiger charge is -2.33. The number of aryl methyl sites for hydroxylation is 1. The van der Waals surface area contributed by atoms with Gasteiger partial charge in [0.1, 0.15) is 0 Å². The van der Waals surface area contributed by atoms with E-state index in [-0.39, 0.29) is 0 Å². The first-order valence-electron chi connectivity index (χ1n) is 8.76. The fourth-order valence-electron chi connectivity index (χ4n) is 3.64. The van der Waals surface area contributed by atoms with E-state index >= 15 is 0 Å². The van der Waals surface area contributed by atoms with Crippen molar-refractivity contribution in [1.82, 2.24) is 19.6 Å². The van der Waals surface area contributed by atoms with E-state index in [4.69, 9.17) is 4.74 Å². The van der Waals surface area contributed by atoms with Crippen molar-refractivity contribution in [2.75, 3.05) is 39.4 Å². The second-order valence-electron chi connectivity index (χ2n) is 6.80. The molecule has 23 heavy (non-hydrogen) atoms. The van der Waals surface area contributed by atoms with E-state index in [2.05, 4.69) is 16.2 Å². The number of likely N-dealkylation sites (tertiary alicyclic amines) is 1. The summed E-state index contributed by atoms with van der Waals surface area (Å²) in [6, 6.07) is 0. The summed E-state index contributed by atoms with van der Waals surface area (Å²) in [5.41, 5.74) is 1.28. The highest BCUT2D eigenvalue weighted by molar-refractivity contribution is 5.76. The molecule has 0 N–H and O–H groups in total. The summed E-state index contributed by atoms with van der Waals surface area (Å²) in [7, 11) is 1.96. The Morgan fingerprint density at radius 3 is 2.91 bits per heavy atom. The van der Waals surface area contributed by atoms with E-state index < -0.39 is 0 Å². The third-order valence-corrected chi connectivity index (χ3v) is 4.90. The molecule has 6 nitrogen and oxygen atoms in total. The summed E-state index contributed by atoms with van der Waals surface area (Å²) in [6.45, 7) is 6.13. The zero-order chi connectivity index (χ0) is 16.1. The lowest BCUT2D eigenvalue weighted by Crippen LogP contribution is -2.41. The minimum absolute atomic E-state index is 0.303. The third kappa shape index (κ3) is 4.78. The molecule has 0 radical (unpaired) electrons. The van der Waals surface area contributed by atoms with Crippen molar-refractivity contribution in [3.05, 3.63) is 18.0 Å². The van der Waals surface area contributed by atoms with Crippen molar-refractivity contribution in [1.29, 1.82) is 0 Å². The molecule has 1 atom stereocenters. The Morgan fingerprint density at radius 1 is 1.35 bits per heavy atom. The standard InChI is InChI=1S/C17H28N4O2/c1-19-12-16(11-18-19)14-20-6-2-3-15(13-20)4-5-17(22)21-7-9-23-10-8-21/h11-12,15H,2-10,13-14H2,1H3/t15-/m1/s1. The van der Waals surface area contributed by atoms with Crippen molar-refractivity contribution < 1.29 is 9.53 Å². The van der Waals surface area contributed by atoms with Crippen molar-refractivity contribution in [3.8, 4) is 0 Å². The molecule has 128 valence electrons. The quantitative estimate of drug-likeness (QED) is 0.820. The Morgan fingerprint density at radius 2 is 2.17 bits per heavy atom. The molecule has 2 fully saturated rings. The van der Waals surface area contributed by atoms with E-state index in [1.54, 1.807) is 0 Å². The largest absolute Gasteiger partial charge is 0.378 e. The Balaban J connectivity index is 1.42. The highest BCUT2D eigenvalue weighted by atomic mass is 16.5. The van der Waals surface area contributed by atoms with Gasteiger partial charge in [0.15, 0.2) is 0 Å². The van der Waals surface area contributed by atoms with E-state index in [9.17, 15) is 4.79 Å². The molecule has 0 saturated carbocycles. The smallest absolute Gasteiger partial charge is 0.222 e. The highest BCUT2D eigenvalue weighted by Gasteiger charge is 2.23. The van der Waals surface area contributed by atoms with Gasteiger partial charge in [-0.05, 0) is 31.7 Å². The Labute approximate surface area is 138 Å². The molecular weight excluding hydrogens is 292 g/mol. The summed E-state index contributed by atoms with van der Waals surface area (Å²) >= 11 is 0. The molecule has 1 aromatic rings. The van der Waals surface area contributed by atoms with Crippen molar-refractivity contribution >= 4 is 5.91 Å². The predicted molar refractivity (Wildman–Crippen MR) is 87.8 cm³/mol. The van der Waals surface area contributed by atoms with Gasteiger partial charge in [-0.3, -0.25) is 14.4 Å². The van der Waals surface area contributed by atoms with Crippen LogP contribution in [0.3, 0.4) is 0 Å². The first-order chi connectivity index (χ1) is 11.2. The number of amides is 1. The van der Waals surface area contributed by atoms with Gasteiger partial charge < -0.3 is 9.64 Å². The van der Waals surface area contributed by atoms with Gasteiger partial charge in [-0.15, -0.1) is 0 Å². The molecule has 0 spiro atoms. The Bertz CT molecular complexity index is 510. The van der Waals surface area contributed by atoms with Crippen LogP contribution >= 0.6 is 0 Å². The normalized spacial score (nSPS) is 23.2. The molecule has 3 heterocycles. The fourth-order valence-corrected chi connectivity index (χ4v) is 3.64. The Hall–Kier alpha value is -1.40. The third-order valence-electron chi connectivity index (χ3n) is 4.90. The highest BCUT2D eigenvalue weighted by Crippen LogP contribution is 2.23. The van der Waals surface area contributed by atoms with Crippen molar-refractivity contribution in [2.24, 2.45) is 13.0 Å². The summed E-state index contributed by atoms with van der Waals surface area (Å²) < 4.78 is 7.17. The lowest BCUT2D eigenvalue weighted by atomic mass is 9.93. The van der Waals surface area contributed by atoms with Gasteiger partial charge in [0.2, 0.25) is 5.91 Å². The maximum absolute atomic E-state index is 12.3. The summed E-state index contributed by atoms with van der Waals surface area (Å²) in [5.74, 6) is 0.947. The predicted octanol–water partition coefficient (Wildman–Crippen LogP) is 1.27. The minimum Gasteiger partial charge on any atom is -0.378 e. The molecule has 0 bridgehead atoms. The van der Waals surface area contributed by atoms with Crippen LogP contribution in [0.5, 0.6) is 0 Å². The first kappa shape index (κ1) is 16.5. The van der Waals surface area contributed by atoms with Crippen LogP contribution in [0.15, 0.2) is 12.4 Å². The monoisotopic (exact) mass is 320 g/mol. The van der Waals surface area contributed by atoms with Gasteiger partial charge in [0.05, 0.1) is 19.4 Å². The molecule has 1 amide bonds. The van der Waals surface area contributed by atoms with Crippen LogP contribution < -0.4 is 0 Å². The first-order valence-corrected chi connectivity index (χ1v) is 8.76. The number of ether oxygens (including phenoxy) is 1. The molecule has 2 aliphatic rings. The van der Waals surface area contributed by atoms with Gasteiger partial charge in [0, 0.05) is 51.4 Å². The fraction of sp³-hybridized carbons (Fsp3) is 0.765. The van der Waals surface area contributed by atoms with E-state index in [1.807, 2.05) is 22.8 Å². The number of hydrogen-bond acceptors (Lipinski definition) is 4. The molecule has 6 heteroatoms. The zero-order valence-corrected chi connectivity index (χ0v) is 14.1. The second kappa shape index (κ2) is 7.93. The van der Waals surface area contributed by atoms with Crippen LogP contribution in [0, 0.1) is 5.92 Å². The number of rotatable bonds is 5. The van der Waals surface area contributed by atoms with Gasteiger partial charge in [-0.25, -0.2) is 0 Å². The summed E-state index contributed by atoms with van der Waals surface area (Å²) in [5, 5.41) is 4.24. The van der Waals surface area contributed by atoms with E-state index in [1.165, 1.54) is 18.4 Å². The number of aromatic nitrogens is 2. The maximum atomic E-state index is 12.3. The van der Waals surface area contributed by atoms with Crippen LogP contribution in [0.25, 0.3) is 0 Å². The molecule has 2 saturated heterocycles. The number of morpholine rings is 1. The van der Waals surface area contributed by atoms with Gasteiger partial charge in [-0.2, -0.15) is 5.10 Å². The van der Waals surface area contributed by atoms with Crippen LogP contribution in [0.2, 0.25) is 0 Å². The molecule has 0 unspecified atom stereocenters. The second-order valence-corrected chi connectivity index (χ2v) is 6.80. The maximum Gasteiger partial charge on any atom is 0.222 e. The van der Waals surface area contributed by atoms with E-state index in [0.717, 1.165) is 39.1 Å². The number of piperidine rings is 1. The summed E-state index contributed by atoms with van der Waals surface area (Å²) in [6.07, 6.45) is 8.22. The van der Waals surface area contributed by atoms with Crippen LogP contribution in [-0.4, -0.2) is 64.9 Å². The lowest BCUT2D eigenvalue weighted by molar-refractivity contribution is -0.135. The SMILES string of the molecule is Cn1cc(CN2CCC[C@H](CCC(=O)N3CCOCC3)C2)cn1. The zero-order valence-electron chi connectivity index (χ0n) is 14.1. The molecule has 0 aromatic carbocycles. The average molecular weight is 320 g/mol. The molecule has 0 aliphatic carbocycles. The van der Waals surface area contributed by atoms with Crippen LogP contribution in [0.1, 0.15) is 31.2 Å². The van der Waals surface area contributed by atoms with Crippen LogP contribution in [-0.2, 0) is 23.1 Å².